The van der Waals surface area contributed by atoms with Crippen molar-refractivity contribution in [1.29, 1.82) is 0 Å². The zero-order chi connectivity index (χ0) is 21.1. The summed E-state index contributed by atoms with van der Waals surface area (Å²) < 4.78 is 20.5. The Bertz CT molecular complexity index is 997. The van der Waals surface area contributed by atoms with Gasteiger partial charge in [-0.15, -0.1) is 11.3 Å². The van der Waals surface area contributed by atoms with Gasteiger partial charge in [0.2, 0.25) is 6.79 Å². The summed E-state index contributed by atoms with van der Waals surface area (Å²) in [5.41, 5.74) is 1.62. The van der Waals surface area contributed by atoms with Gasteiger partial charge in [0.15, 0.2) is 18.1 Å². The zero-order valence-electron chi connectivity index (χ0n) is 16.4. The number of aryl methyl sites for hydroxylation is 1. The molecule has 0 unspecified atom stereocenters. The van der Waals surface area contributed by atoms with Gasteiger partial charge in [-0.3, -0.25) is 4.79 Å². The molecule has 0 saturated heterocycles. The second-order valence-corrected chi connectivity index (χ2v) is 8.06. The molecule has 2 aromatic rings. The number of thiophene rings is 1. The Morgan fingerprint density at radius 3 is 2.70 bits per heavy atom. The summed E-state index contributed by atoms with van der Waals surface area (Å²) in [7, 11) is 1.32. The number of benzene rings is 1. The highest BCUT2D eigenvalue weighted by molar-refractivity contribution is 7.17. The summed E-state index contributed by atoms with van der Waals surface area (Å²) in [4.78, 5) is 38.1. The lowest BCUT2D eigenvalue weighted by Crippen LogP contribution is -2.21. The Morgan fingerprint density at radius 1 is 1.07 bits per heavy atom. The minimum Gasteiger partial charge on any atom is -0.465 e. The van der Waals surface area contributed by atoms with Crippen LogP contribution in [-0.2, 0) is 27.1 Å². The standard InChI is InChI=1S/C21H21NO7S/c1-26-21(25)18-13-5-3-2-4-6-16(13)30-19(18)22-17(23)10-27-20(24)12-7-8-14-15(9-12)29-11-28-14/h7-9H,2-6,10-11H2,1H3,(H,22,23). The van der Waals surface area contributed by atoms with Gasteiger partial charge in [0.05, 0.1) is 18.2 Å². The second kappa shape index (κ2) is 8.74. The lowest BCUT2D eigenvalue weighted by atomic mass is 10.1. The molecule has 0 atom stereocenters. The molecule has 30 heavy (non-hydrogen) atoms. The largest absolute Gasteiger partial charge is 0.465 e. The molecule has 1 N–H and O–H groups in total. The highest BCUT2D eigenvalue weighted by atomic mass is 32.1. The molecule has 0 spiro atoms. The second-order valence-electron chi connectivity index (χ2n) is 6.95. The fourth-order valence-corrected chi connectivity index (χ4v) is 4.84. The number of carbonyl (C=O) groups excluding carboxylic acids is 3. The molecule has 0 radical (unpaired) electrons. The first-order chi connectivity index (χ1) is 14.6. The van der Waals surface area contributed by atoms with Gasteiger partial charge in [0, 0.05) is 4.88 Å². The molecular weight excluding hydrogens is 410 g/mol. The number of hydrogen-bond donors (Lipinski definition) is 1. The third kappa shape index (κ3) is 4.11. The predicted octanol–water partition coefficient (Wildman–Crippen LogP) is 3.33. The van der Waals surface area contributed by atoms with Gasteiger partial charge in [0.25, 0.3) is 5.91 Å². The molecule has 9 heteroatoms. The van der Waals surface area contributed by atoms with Gasteiger partial charge in [-0.25, -0.2) is 9.59 Å². The van der Waals surface area contributed by atoms with Crippen LogP contribution in [0.1, 0.15) is 50.4 Å². The Balaban J connectivity index is 1.42. The molecule has 2 heterocycles. The van der Waals surface area contributed by atoms with Crippen LogP contribution in [0, 0.1) is 0 Å². The van der Waals surface area contributed by atoms with E-state index < -0.39 is 24.5 Å². The fourth-order valence-electron chi connectivity index (χ4n) is 3.55. The summed E-state index contributed by atoms with van der Waals surface area (Å²) in [5, 5.41) is 3.15. The highest BCUT2D eigenvalue weighted by Gasteiger charge is 2.26. The molecule has 0 saturated carbocycles. The van der Waals surface area contributed by atoms with E-state index in [1.54, 1.807) is 12.1 Å². The lowest BCUT2D eigenvalue weighted by molar-refractivity contribution is -0.119. The number of carbonyl (C=O) groups is 3. The Kier molecular flexibility index (Phi) is 5.89. The maximum absolute atomic E-state index is 12.4. The molecule has 1 aliphatic carbocycles. The average Bonchev–Trinajstić information content (AvgIpc) is 3.28. The van der Waals surface area contributed by atoms with Gasteiger partial charge < -0.3 is 24.3 Å². The molecule has 0 fully saturated rings. The smallest absolute Gasteiger partial charge is 0.341 e. The number of nitrogens with one attached hydrogen (secondary N) is 1. The predicted molar refractivity (Wildman–Crippen MR) is 108 cm³/mol. The van der Waals surface area contributed by atoms with Crippen molar-refractivity contribution in [3.05, 3.63) is 39.8 Å². The third-order valence-electron chi connectivity index (χ3n) is 5.01. The maximum Gasteiger partial charge on any atom is 0.341 e. The van der Waals surface area contributed by atoms with Crippen LogP contribution in [0.5, 0.6) is 11.5 Å². The number of ether oxygens (including phenoxy) is 4. The van der Waals surface area contributed by atoms with Crippen LogP contribution in [0.4, 0.5) is 5.00 Å². The summed E-state index contributed by atoms with van der Waals surface area (Å²) in [6.07, 6.45) is 4.81. The van der Waals surface area contributed by atoms with E-state index in [0.29, 0.717) is 22.1 Å². The fraction of sp³-hybridized carbons (Fsp3) is 0.381. The van der Waals surface area contributed by atoms with Crippen molar-refractivity contribution < 1.29 is 33.3 Å². The van der Waals surface area contributed by atoms with Crippen molar-refractivity contribution in [2.45, 2.75) is 32.1 Å². The molecular formula is C21H21NO7S. The molecule has 1 amide bonds. The lowest BCUT2D eigenvalue weighted by Gasteiger charge is -2.08. The van der Waals surface area contributed by atoms with Crippen molar-refractivity contribution in [3.8, 4) is 11.5 Å². The first-order valence-electron chi connectivity index (χ1n) is 9.66. The summed E-state index contributed by atoms with van der Waals surface area (Å²) in [6, 6.07) is 4.66. The Labute approximate surface area is 177 Å². The average molecular weight is 431 g/mol. The van der Waals surface area contributed by atoms with Crippen LogP contribution < -0.4 is 14.8 Å². The number of anilines is 1. The van der Waals surface area contributed by atoms with E-state index in [9.17, 15) is 14.4 Å². The molecule has 1 aromatic carbocycles. The van der Waals surface area contributed by atoms with Crippen molar-refractivity contribution in [2.75, 3.05) is 25.8 Å². The first-order valence-corrected chi connectivity index (χ1v) is 10.5. The van der Waals surface area contributed by atoms with Crippen molar-refractivity contribution in [1.82, 2.24) is 0 Å². The van der Waals surface area contributed by atoms with E-state index in [2.05, 4.69) is 5.32 Å². The number of fused-ring (bicyclic) bond motifs is 2. The molecule has 8 nitrogen and oxygen atoms in total. The summed E-state index contributed by atoms with van der Waals surface area (Å²) >= 11 is 1.39. The zero-order valence-corrected chi connectivity index (χ0v) is 17.3. The molecule has 2 aliphatic rings. The normalized spacial score (nSPS) is 14.4. The van der Waals surface area contributed by atoms with Crippen LogP contribution in [0.2, 0.25) is 0 Å². The van der Waals surface area contributed by atoms with Gasteiger partial charge in [-0.05, 0) is 49.4 Å². The van der Waals surface area contributed by atoms with Gasteiger partial charge >= 0.3 is 11.9 Å². The summed E-state index contributed by atoms with van der Waals surface area (Å²) in [5.74, 6) is -0.639. The molecule has 0 bridgehead atoms. The SMILES string of the molecule is COC(=O)c1c(NC(=O)COC(=O)c2ccc3c(c2)OCO3)sc2c1CCCCC2. The van der Waals surface area contributed by atoms with E-state index in [1.165, 1.54) is 24.5 Å². The molecule has 1 aliphatic heterocycles. The number of amides is 1. The van der Waals surface area contributed by atoms with Gasteiger partial charge in [-0.1, -0.05) is 6.42 Å². The minimum absolute atomic E-state index is 0.101. The van der Waals surface area contributed by atoms with Crippen LogP contribution in [0.15, 0.2) is 18.2 Å². The van der Waals surface area contributed by atoms with E-state index in [0.717, 1.165) is 42.5 Å². The van der Waals surface area contributed by atoms with E-state index >= 15 is 0 Å². The van der Waals surface area contributed by atoms with Crippen LogP contribution in [0.3, 0.4) is 0 Å². The van der Waals surface area contributed by atoms with E-state index in [-0.39, 0.29) is 12.4 Å². The number of esters is 2. The van der Waals surface area contributed by atoms with Gasteiger partial charge in [0.1, 0.15) is 5.00 Å². The number of hydrogen-bond acceptors (Lipinski definition) is 8. The Morgan fingerprint density at radius 2 is 1.87 bits per heavy atom. The van der Waals surface area contributed by atoms with E-state index in [4.69, 9.17) is 18.9 Å². The third-order valence-corrected chi connectivity index (χ3v) is 6.21. The van der Waals surface area contributed by atoms with Crippen molar-refractivity contribution in [3.63, 3.8) is 0 Å². The quantitative estimate of drug-likeness (QED) is 0.572. The van der Waals surface area contributed by atoms with Crippen LogP contribution in [-0.4, -0.2) is 38.4 Å². The molecule has 4 rings (SSSR count). The van der Waals surface area contributed by atoms with Crippen molar-refractivity contribution in [2.24, 2.45) is 0 Å². The first kappa shape index (κ1) is 20.2. The minimum atomic E-state index is -0.654. The highest BCUT2D eigenvalue weighted by Crippen LogP contribution is 2.38. The van der Waals surface area contributed by atoms with Crippen LogP contribution in [0.25, 0.3) is 0 Å². The molecule has 158 valence electrons. The molecule has 1 aromatic heterocycles. The maximum atomic E-state index is 12.4. The summed E-state index contributed by atoms with van der Waals surface area (Å²) in [6.45, 7) is -0.375. The number of rotatable bonds is 5. The van der Waals surface area contributed by atoms with E-state index in [1.807, 2.05) is 0 Å². The monoisotopic (exact) mass is 431 g/mol. The van der Waals surface area contributed by atoms with Crippen molar-refractivity contribution >= 4 is 34.2 Å². The Hall–Kier alpha value is -3.07. The topological polar surface area (TPSA) is 100 Å². The number of methoxy groups -OCH3 is 1. The van der Waals surface area contributed by atoms with Gasteiger partial charge in [-0.2, -0.15) is 0 Å². The van der Waals surface area contributed by atoms with Crippen LogP contribution >= 0.6 is 11.3 Å².